The summed E-state index contributed by atoms with van der Waals surface area (Å²) in [4.78, 5) is 24.0. The largest absolute Gasteiger partial charge is 0.360 e. The summed E-state index contributed by atoms with van der Waals surface area (Å²) < 4.78 is 5.29. The van der Waals surface area contributed by atoms with Crippen molar-refractivity contribution in [2.24, 2.45) is 5.92 Å². The minimum Gasteiger partial charge on any atom is -0.360 e. The van der Waals surface area contributed by atoms with Crippen molar-refractivity contribution in [2.75, 3.05) is 13.1 Å². The molecular formula is C17H24ClN3O3. The Morgan fingerprint density at radius 3 is 2.62 bits per heavy atom. The van der Waals surface area contributed by atoms with Crippen LogP contribution >= 0.6 is 11.6 Å². The van der Waals surface area contributed by atoms with E-state index in [-0.39, 0.29) is 17.7 Å². The van der Waals surface area contributed by atoms with Gasteiger partial charge in [-0.15, -0.1) is 0 Å². The number of allylic oxidation sites excluding steroid dienone is 1. The third-order valence-corrected chi connectivity index (χ3v) is 4.14. The molecular weight excluding hydrogens is 330 g/mol. The first-order chi connectivity index (χ1) is 11.4. The van der Waals surface area contributed by atoms with Gasteiger partial charge in [0.1, 0.15) is 5.56 Å². The summed E-state index contributed by atoms with van der Waals surface area (Å²) >= 11 is 5.64. The first kappa shape index (κ1) is 18.5. The van der Waals surface area contributed by atoms with E-state index in [9.17, 15) is 9.59 Å². The molecule has 24 heavy (non-hydrogen) atoms. The molecule has 1 saturated carbocycles. The molecule has 0 aromatic carbocycles. The van der Waals surface area contributed by atoms with Crippen LogP contribution in [0, 0.1) is 12.8 Å². The molecule has 1 aromatic rings. The summed E-state index contributed by atoms with van der Waals surface area (Å²) in [6.07, 6.45) is 2.89. The zero-order valence-corrected chi connectivity index (χ0v) is 14.9. The number of aromatic nitrogens is 1. The Morgan fingerprint density at radius 2 is 2.00 bits per heavy atom. The lowest BCUT2D eigenvalue weighted by Gasteiger charge is -2.14. The molecule has 1 aromatic heterocycles. The van der Waals surface area contributed by atoms with Crippen LogP contribution in [-0.4, -0.2) is 30.1 Å². The Balaban J connectivity index is 1.74. The second-order valence-electron chi connectivity index (χ2n) is 6.42. The summed E-state index contributed by atoms with van der Waals surface area (Å²) in [7, 11) is 0. The lowest BCUT2D eigenvalue weighted by Crippen LogP contribution is -2.35. The van der Waals surface area contributed by atoms with Crippen molar-refractivity contribution in [3.63, 3.8) is 0 Å². The summed E-state index contributed by atoms with van der Waals surface area (Å²) in [5.41, 5.74) is 1.19. The normalized spacial score (nSPS) is 15.0. The monoisotopic (exact) mass is 353 g/mol. The number of nitrogens with one attached hydrogen (secondary N) is 2. The summed E-state index contributed by atoms with van der Waals surface area (Å²) in [6.45, 7) is 8.25. The third kappa shape index (κ3) is 5.37. The molecule has 6 nitrogen and oxygen atoms in total. The lowest BCUT2D eigenvalue weighted by atomic mass is 10.1. The number of carbonyl (C=O) groups excluding carboxylic acids is 2. The zero-order chi connectivity index (χ0) is 17.7. The van der Waals surface area contributed by atoms with Gasteiger partial charge < -0.3 is 15.2 Å². The van der Waals surface area contributed by atoms with Gasteiger partial charge in [0.15, 0.2) is 5.76 Å². The molecule has 1 aliphatic rings. The highest BCUT2D eigenvalue weighted by Gasteiger charge is 2.34. The van der Waals surface area contributed by atoms with Gasteiger partial charge in [0.25, 0.3) is 5.91 Å². The first-order valence-electron chi connectivity index (χ1n) is 8.22. The summed E-state index contributed by atoms with van der Waals surface area (Å²) in [5.74, 6) is 0.919. The van der Waals surface area contributed by atoms with Gasteiger partial charge in [-0.1, -0.05) is 30.3 Å². The fourth-order valence-electron chi connectivity index (χ4n) is 2.34. The molecule has 1 aliphatic carbocycles. The Kier molecular flexibility index (Phi) is 6.43. The summed E-state index contributed by atoms with van der Waals surface area (Å²) in [6, 6.07) is 0. The van der Waals surface area contributed by atoms with Crippen molar-refractivity contribution >= 4 is 23.4 Å². The van der Waals surface area contributed by atoms with E-state index in [1.54, 1.807) is 6.92 Å². The zero-order valence-electron chi connectivity index (χ0n) is 14.2. The van der Waals surface area contributed by atoms with Crippen LogP contribution in [0.2, 0.25) is 0 Å². The van der Waals surface area contributed by atoms with Gasteiger partial charge in [0.05, 0.1) is 5.69 Å². The number of halogens is 1. The van der Waals surface area contributed by atoms with E-state index in [0.29, 0.717) is 53.9 Å². The van der Waals surface area contributed by atoms with Gasteiger partial charge >= 0.3 is 0 Å². The second kappa shape index (κ2) is 8.33. The van der Waals surface area contributed by atoms with Crippen LogP contribution in [-0.2, 0) is 4.79 Å². The molecule has 2 amide bonds. The Morgan fingerprint density at radius 1 is 1.33 bits per heavy atom. The highest BCUT2D eigenvalue weighted by molar-refractivity contribution is 6.29. The Labute approximate surface area is 147 Å². The van der Waals surface area contributed by atoms with Crippen LogP contribution in [0.5, 0.6) is 0 Å². The molecule has 7 heteroatoms. The number of nitrogens with zero attached hydrogens (tertiary/aromatic N) is 1. The molecule has 1 unspecified atom stereocenters. The molecule has 0 bridgehead atoms. The van der Waals surface area contributed by atoms with Crippen molar-refractivity contribution in [3.05, 3.63) is 28.6 Å². The van der Waals surface area contributed by atoms with E-state index in [1.807, 2.05) is 6.92 Å². The van der Waals surface area contributed by atoms with Gasteiger partial charge in [0, 0.05) is 30.5 Å². The van der Waals surface area contributed by atoms with Crippen molar-refractivity contribution in [2.45, 2.75) is 45.4 Å². The molecule has 2 rings (SSSR count). The van der Waals surface area contributed by atoms with E-state index in [2.05, 4.69) is 22.4 Å². The van der Waals surface area contributed by atoms with Gasteiger partial charge in [-0.05, 0) is 32.1 Å². The smallest absolute Gasteiger partial charge is 0.256 e. The van der Waals surface area contributed by atoms with Crippen molar-refractivity contribution in [1.29, 1.82) is 0 Å². The predicted molar refractivity (Wildman–Crippen MR) is 91.9 cm³/mol. The van der Waals surface area contributed by atoms with E-state index >= 15 is 0 Å². The molecule has 0 radical (unpaired) electrons. The van der Waals surface area contributed by atoms with Crippen LogP contribution < -0.4 is 10.6 Å². The molecule has 0 aliphatic heterocycles. The maximum absolute atomic E-state index is 12.4. The van der Waals surface area contributed by atoms with E-state index < -0.39 is 0 Å². The number of hydrogen-bond acceptors (Lipinski definition) is 4. The molecule has 0 spiro atoms. The fourth-order valence-corrected chi connectivity index (χ4v) is 2.44. The maximum atomic E-state index is 12.4. The summed E-state index contributed by atoms with van der Waals surface area (Å²) in [5, 5.41) is 10.1. The molecule has 0 saturated heterocycles. The van der Waals surface area contributed by atoms with E-state index in [4.69, 9.17) is 16.1 Å². The Hall–Kier alpha value is -1.82. The lowest BCUT2D eigenvalue weighted by molar-refractivity contribution is -0.121. The average molecular weight is 354 g/mol. The number of carbonyl (C=O) groups is 2. The quantitative estimate of drug-likeness (QED) is 0.715. The highest BCUT2D eigenvalue weighted by Crippen LogP contribution is 2.42. The van der Waals surface area contributed by atoms with Crippen LogP contribution in [0.15, 0.2) is 16.1 Å². The van der Waals surface area contributed by atoms with Gasteiger partial charge in [0.2, 0.25) is 5.91 Å². The van der Waals surface area contributed by atoms with Crippen LogP contribution in [0.1, 0.15) is 60.3 Å². The minimum absolute atomic E-state index is 0.0686. The van der Waals surface area contributed by atoms with Gasteiger partial charge in [-0.25, -0.2) is 0 Å². The molecule has 1 heterocycles. The van der Waals surface area contributed by atoms with Crippen molar-refractivity contribution in [1.82, 2.24) is 15.8 Å². The third-order valence-electron chi connectivity index (χ3n) is 3.95. The number of aryl methyl sites for hydroxylation is 1. The molecule has 132 valence electrons. The van der Waals surface area contributed by atoms with Gasteiger partial charge in [-0.3, -0.25) is 9.59 Å². The van der Waals surface area contributed by atoms with E-state index in [0.717, 1.165) is 12.8 Å². The maximum Gasteiger partial charge on any atom is 0.256 e. The van der Waals surface area contributed by atoms with Crippen LogP contribution in [0.4, 0.5) is 0 Å². The average Bonchev–Trinajstić information content (AvgIpc) is 3.31. The fraction of sp³-hybridized carbons (Fsp3) is 0.588. The van der Waals surface area contributed by atoms with E-state index in [1.165, 1.54) is 0 Å². The Bertz CT molecular complexity index is 623. The number of rotatable bonds is 9. The molecule has 1 fully saturated rings. The van der Waals surface area contributed by atoms with Crippen LogP contribution in [0.25, 0.3) is 0 Å². The molecule has 1 atom stereocenters. The van der Waals surface area contributed by atoms with Crippen molar-refractivity contribution < 1.29 is 14.1 Å². The second-order valence-corrected chi connectivity index (χ2v) is 6.95. The molecule has 2 N–H and O–H groups in total. The van der Waals surface area contributed by atoms with Gasteiger partial charge in [-0.2, -0.15) is 0 Å². The topological polar surface area (TPSA) is 84.2 Å². The van der Waals surface area contributed by atoms with Crippen molar-refractivity contribution in [3.8, 4) is 0 Å². The number of amides is 2. The highest BCUT2D eigenvalue weighted by atomic mass is 35.5. The first-order valence-corrected chi connectivity index (χ1v) is 8.60. The predicted octanol–water partition coefficient (Wildman–Crippen LogP) is 2.88. The standard InChI is InChI=1S/C17H24ClN3O3/c1-10(8-19-14(22)7-4-11(2)18)9-20-17(23)15-12(3)21-24-16(15)13-5-6-13/h10,13H,2,4-9H2,1,3H3,(H,19,22)(H,20,23). The SMILES string of the molecule is C=C(Cl)CCC(=O)NCC(C)CNC(=O)c1c(C)noc1C1CC1. The minimum atomic E-state index is -0.160. The van der Waals surface area contributed by atoms with Crippen LogP contribution in [0.3, 0.4) is 0 Å². The number of hydrogen-bond donors (Lipinski definition) is 2.